The first-order valence-corrected chi connectivity index (χ1v) is 7.72. The topological polar surface area (TPSA) is 49.2 Å². The van der Waals surface area contributed by atoms with Gasteiger partial charge in [0.1, 0.15) is 23.3 Å². The summed E-state index contributed by atoms with van der Waals surface area (Å²) in [5.41, 5.74) is 1.13. The molecule has 1 fully saturated rings. The van der Waals surface area contributed by atoms with Gasteiger partial charge in [-0.05, 0) is 38.0 Å². The van der Waals surface area contributed by atoms with Crippen LogP contribution >= 0.6 is 0 Å². The fourth-order valence-corrected chi connectivity index (χ4v) is 3.07. The lowest BCUT2D eigenvalue weighted by Crippen LogP contribution is -2.26. The Morgan fingerprint density at radius 3 is 2.78 bits per heavy atom. The Hall–Kier alpha value is -2.08. The highest BCUT2D eigenvalue weighted by atomic mass is 19.1. The van der Waals surface area contributed by atoms with Gasteiger partial charge in [0.2, 0.25) is 0 Å². The van der Waals surface area contributed by atoms with Crippen molar-refractivity contribution in [1.29, 1.82) is 0 Å². The lowest BCUT2D eigenvalue weighted by Gasteiger charge is -2.26. The molecule has 23 heavy (non-hydrogen) atoms. The van der Waals surface area contributed by atoms with E-state index in [4.69, 9.17) is 0 Å². The van der Waals surface area contributed by atoms with Crippen molar-refractivity contribution in [3.63, 3.8) is 0 Å². The minimum absolute atomic E-state index is 0.246. The lowest BCUT2D eigenvalue weighted by atomic mass is 10.0. The van der Waals surface area contributed by atoms with Crippen molar-refractivity contribution in [3.05, 3.63) is 53.0 Å². The average molecular weight is 319 g/mol. The normalized spacial score (nSPS) is 21.0. The molecule has 0 spiro atoms. The zero-order valence-corrected chi connectivity index (χ0v) is 13.1. The van der Waals surface area contributed by atoms with E-state index in [0.29, 0.717) is 24.6 Å². The number of aromatic nitrogens is 2. The van der Waals surface area contributed by atoms with Crippen molar-refractivity contribution >= 4 is 5.82 Å². The first-order valence-electron chi connectivity index (χ1n) is 7.72. The van der Waals surface area contributed by atoms with E-state index in [1.807, 2.05) is 17.9 Å². The molecule has 0 bridgehead atoms. The molecule has 1 N–H and O–H groups in total. The third-order valence-electron chi connectivity index (χ3n) is 4.13. The number of anilines is 1. The van der Waals surface area contributed by atoms with E-state index in [1.54, 1.807) is 6.92 Å². The van der Waals surface area contributed by atoms with E-state index in [2.05, 4.69) is 9.97 Å². The van der Waals surface area contributed by atoms with Gasteiger partial charge >= 0.3 is 0 Å². The smallest absolute Gasteiger partial charge is 0.133 e. The molecular formula is C17H19F2N3O. The van der Waals surface area contributed by atoms with Gasteiger partial charge in [0, 0.05) is 23.9 Å². The van der Waals surface area contributed by atoms with E-state index in [0.717, 1.165) is 24.2 Å². The van der Waals surface area contributed by atoms with Gasteiger partial charge in [0.25, 0.3) is 0 Å². The van der Waals surface area contributed by atoms with E-state index in [9.17, 15) is 13.9 Å². The molecule has 0 aliphatic carbocycles. The van der Waals surface area contributed by atoms with Crippen LogP contribution in [0.4, 0.5) is 14.6 Å². The summed E-state index contributed by atoms with van der Waals surface area (Å²) in [4.78, 5) is 10.6. The van der Waals surface area contributed by atoms with Crippen LogP contribution in [0, 0.1) is 18.6 Å². The first kappa shape index (κ1) is 15.8. The molecule has 2 atom stereocenters. The highest BCUT2D eigenvalue weighted by Gasteiger charge is 2.35. The fourth-order valence-electron chi connectivity index (χ4n) is 3.07. The first-order chi connectivity index (χ1) is 11.0. The number of aryl methyl sites for hydroxylation is 2. The van der Waals surface area contributed by atoms with Crippen molar-refractivity contribution in [2.75, 3.05) is 11.4 Å². The van der Waals surface area contributed by atoms with E-state index in [1.165, 1.54) is 6.07 Å². The van der Waals surface area contributed by atoms with Crippen LogP contribution in [-0.2, 0) is 6.42 Å². The van der Waals surface area contributed by atoms with Gasteiger partial charge in [-0.1, -0.05) is 6.92 Å². The Labute approximate surface area is 133 Å². The SMILES string of the molecule is CCc1cc(N2CC(O)CC2c2cc(F)ccc2F)nc(C)n1. The summed E-state index contributed by atoms with van der Waals surface area (Å²) in [6.07, 6.45) is 0.486. The van der Waals surface area contributed by atoms with Crippen molar-refractivity contribution < 1.29 is 13.9 Å². The second-order valence-electron chi connectivity index (χ2n) is 5.84. The predicted molar refractivity (Wildman–Crippen MR) is 83.2 cm³/mol. The van der Waals surface area contributed by atoms with Crippen molar-refractivity contribution in [2.45, 2.75) is 38.8 Å². The molecule has 2 unspecified atom stereocenters. The van der Waals surface area contributed by atoms with Gasteiger partial charge in [0.05, 0.1) is 12.1 Å². The van der Waals surface area contributed by atoms with Gasteiger partial charge in [-0.15, -0.1) is 0 Å². The molecule has 0 amide bonds. The lowest BCUT2D eigenvalue weighted by molar-refractivity contribution is 0.194. The van der Waals surface area contributed by atoms with Crippen LogP contribution < -0.4 is 4.90 Å². The van der Waals surface area contributed by atoms with Crippen molar-refractivity contribution in [3.8, 4) is 0 Å². The number of hydrogen-bond donors (Lipinski definition) is 1. The number of aliphatic hydroxyl groups excluding tert-OH is 1. The molecular weight excluding hydrogens is 300 g/mol. The van der Waals surface area contributed by atoms with Gasteiger partial charge in [-0.3, -0.25) is 0 Å². The molecule has 1 saturated heterocycles. The molecule has 122 valence electrons. The maximum absolute atomic E-state index is 14.2. The number of hydrogen-bond acceptors (Lipinski definition) is 4. The maximum atomic E-state index is 14.2. The molecule has 1 aromatic carbocycles. The molecule has 1 aromatic heterocycles. The maximum Gasteiger partial charge on any atom is 0.133 e. The van der Waals surface area contributed by atoms with Gasteiger partial charge < -0.3 is 10.0 Å². The Morgan fingerprint density at radius 2 is 2.04 bits per heavy atom. The highest BCUT2D eigenvalue weighted by Crippen LogP contribution is 2.37. The van der Waals surface area contributed by atoms with Crippen LogP contribution in [0.5, 0.6) is 0 Å². The summed E-state index contributed by atoms with van der Waals surface area (Å²) in [5.74, 6) is 0.298. The van der Waals surface area contributed by atoms with Crippen LogP contribution in [-0.4, -0.2) is 27.7 Å². The van der Waals surface area contributed by atoms with E-state index < -0.39 is 23.8 Å². The van der Waals surface area contributed by atoms with Crippen LogP contribution in [0.1, 0.15) is 36.5 Å². The minimum atomic E-state index is -0.608. The zero-order chi connectivity index (χ0) is 16.6. The Morgan fingerprint density at radius 1 is 1.26 bits per heavy atom. The molecule has 3 rings (SSSR count). The second-order valence-corrected chi connectivity index (χ2v) is 5.84. The molecule has 2 aromatic rings. The van der Waals surface area contributed by atoms with Crippen molar-refractivity contribution in [1.82, 2.24) is 9.97 Å². The molecule has 1 aliphatic heterocycles. The summed E-state index contributed by atoms with van der Waals surface area (Å²) < 4.78 is 27.7. The second kappa shape index (κ2) is 6.20. The van der Waals surface area contributed by atoms with Crippen LogP contribution in [0.15, 0.2) is 24.3 Å². The van der Waals surface area contributed by atoms with Crippen LogP contribution in [0.3, 0.4) is 0 Å². The number of β-amino-alcohol motifs (C(OH)–C–C–N with tert-alkyl or cyclic N) is 1. The number of aliphatic hydroxyl groups is 1. The number of nitrogens with zero attached hydrogens (tertiary/aromatic N) is 3. The standard InChI is InChI=1S/C17H19F2N3O/c1-3-12-7-17(21-10(2)20-12)22-9-13(23)8-16(22)14-6-11(18)4-5-15(14)19/h4-7,13,16,23H,3,8-9H2,1-2H3. The quantitative estimate of drug-likeness (QED) is 0.945. The predicted octanol–water partition coefficient (Wildman–Crippen LogP) is 2.94. The van der Waals surface area contributed by atoms with E-state index >= 15 is 0 Å². The van der Waals surface area contributed by atoms with Gasteiger partial charge in [-0.25, -0.2) is 18.7 Å². The molecule has 6 heteroatoms. The molecule has 4 nitrogen and oxygen atoms in total. The summed E-state index contributed by atoms with van der Waals surface area (Å²) in [6, 6.07) is 4.81. The van der Waals surface area contributed by atoms with Crippen molar-refractivity contribution in [2.24, 2.45) is 0 Å². The number of rotatable bonds is 3. The third kappa shape index (κ3) is 3.17. The Bertz CT molecular complexity index is 723. The van der Waals surface area contributed by atoms with Gasteiger partial charge in [0.15, 0.2) is 0 Å². The Kier molecular flexibility index (Phi) is 4.26. The molecule has 2 heterocycles. The summed E-state index contributed by atoms with van der Waals surface area (Å²) in [6.45, 7) is 4.13. The van der Waals surface area contributed by atoms with Crippen LogP contribution in [0.25, 0.3) is 0 Å². The Balaban J connectivity index is 2.03. The van der Waals surface area contributed by atoms with E-state index in [-0.39, 0.29) is 5.56 Å². The largest absolute Gasteiger partial charge is 0.391 e. The molecule has 0 radical (unpaired) electrons. The highest BCUT2D eigenvalue weighted by molar-refractivity contribution is 5.46. The minimum Gasteiger partial charge on any atom is -0.391 e. The number of benzene rings is 1. The zero-order valence-electron chi connectivity index (χ0n) is 13.1. The third-order valence-corrected chi connectivity index (χ3v) is 4.13. The fraction of sp³-hybridized carbons (Fsp3) is 0.412. The van der Waals surface area contributed by atoms with Gasteiger partial charge in [-0.2, -0.15) is 0 Å². The summed E-state index contributed by atoms with van der Waals surface area (Å²) >= 11 is 0. The summed E-state index contributed by atoms with van der Waals surface area (Å²) in [5, 5.41) is 10.0. The molecule has 1 aliphatic rings. The number of halogens is 2. The molecule has 0 saturated carbocycles. The average Bonchev–Trinajstić information content (AvgIpc) is 2.91. The monoisotopic (exact) mass is 319 g/mol. The van der Waals surface area contributed by atoms with Crippen LogP contribution in [0.2, 0.25) is 0 Å². The summed E-state index contributed by atoms with van der Waals surface area (Å²) in [7, 11) is 0.